The van der Waals surface area contributed by atoms with Crippen molar-refractivity contribution >= 4 is 5.91 Å². The van der Waals surface area contributed by atoms with Crippen LogP contribution in [0.25, 0.3) is 0 Å². The Kier molecular flexibility index (Phi) is 4.80. The topological polar surface area (TPSA) is 58.6 Å². The molecule has 1 aromatic rings. The molecule has 1 aliphatic carbocycles. The van der Waals surface area contributed by atoms with Gasteiger partial charge in [0.25, 0.3) is 5.91 Å². The van der Waals surface area contributed by atoms with Crippen LogP contribution in [0.15, 0.2) is 24.3 Å². The molecule has 0 radical (unpaired) electrons. The van der Waals surface area contributed by atoms with Crippen molar-refractivity contribution in [2.24, 2.45) is 0 Å². The number of aliphatic hydroxyl groups excluding tert-OH is 1. The third kappa shape index (κ3) is 3.70. The molecule has 0 spiro atoms. The van der Waals surface area contributed by atoms with E-state index in [4.69, 9.17) is 4.74 Å². The maximum absolute atomic E-state index is 12.1. The number of carbonyl (C=O) groups is 1. The van der Waals surface area contributed by atoms with Gasteiger partial charge in [-0.05, 0) is 44.0 Å². The van der Waals surface area contributed by atoms with Crippen molar-refractivity contribution < 1.29 is 14.6 Å². The number of nitrogens with one attached hydrogen (secondary N) is 1. The Hall–Kier alpha value is -1.55. The van der Waals surface area contributed by atoms with Crippen molar-refractivity contribution in [3.8, 4) is 5.75 Å². The van der Waals surface area contributed by atoms with Gasteiger partial charge < -0.3 is 15.2 Å². The zero-order valence-electron chi connectivity index (χ0n) is 11.3. The normalized spacial score (nSPS) is 22.8. The molecule has 1 fully saturated rings. The Morgan fingerprint density at radius 2 is 2.00 bits per heavy atom. The second kappa shape index (κ2) is 6.57. The highest BCUT2D eigenvalue weighted by atomic mass is 16.5. The van der Waals surface area contributed by atoms with Gasteiger partial charge in [-0.3, -0.25) is 4.79 Å². The van der Waals surface area contributed by atoms with E-state index in [9.17, 15) is 9.90 Å². The molecule has 0 bridgehead atoms. The van der Waals surface area contributed by atoms with Crippen molar-refractivity contribution in [3.63, 3.8) is 0 Å². The molecule has 19 heavy (non-hydrogen) atoms. The molecule has 1 saturated carbocycles. The molecule has 2 atom stereocenters. The first kappa shape index (κ1) is 13.9. The van der Waals surface area contributed by atoms with Crippen LogP contribution < -0.4 is 10.1 Å². The number of benzene rings is 1. The summed E-state index contributed by atoms with van der Waals surface area (Å²) in [5.41, 5.74) is 0.598. The first-order valence-corrected chi connectivity index (χ1v) is 6.92. The monoisotopic (exact) mass is 263 g/mol. The largest absolute Gasteiger partial charge is 0.494 e. The van der Waals surface area contributed by atoms with Crippen LogP contribution in [0.3, 0.4) is 0 Å². The predicted molar refractivity (Wildman–Crippen MR) is 73.3 cm³/mol. The van der Waals surface area contributed by atoms with Gasteiger partial charge in [0.1, 0.15) is 5.75 Å². The lowest BCUT2D eigenvalue weighted by Crippen LogP contribution is -2.45. The van der Waals surface area contributed by atoms with Crippen LogP contribution in [-0.2, 0) is 0 Å². The average Bonchev–Trinajstić information content (AvgIpc) is 2.42. The third-order valence-corrected chi connectivity index (χ3v) is 3.47. The summed E-state index contributed by atoms with van der Waals surface area (Å²) in [6.07, 6.45) is 3.31. The molecule has 0 saturated heterocycles. The Bertz CT molecular complexity index is 416. The van der Waals surface area contributed by atoms with E-state index in [0.29, 0.717) is 12.2 Å². The molecule has 2 N–H and O–H groups in total. The van der Waals surface area contributed by atoms with Crippen LogP contribution in [0.1, 0.15) is 43.0 Å². The Balaban J connectivity index is 1.95. The van der Waals surface area contributed by atoms with E-state index in [1.54, 1.807) is 24.3 Å². The smallest absolute Gasteiger partial charge is 0.251 e. The van der Waals surface area contributed by atoms with Gasteiger partial charge >= 0.3 is 0 Å². The second-order valence-electron chi connectivity index (χ2n) is 4.89. The van der Waals surface area contributed by atoms with Crippen molar-refractivity contribution in [2.45, 2.75) is 44.8 Å². The summed E-state index contributed by atoms with van der Waals surface area (Å²) < 4.78 is 5.34. The van der Waals surface area contributed by atoms with Gasteiger partial charge in [-0.15, -0.1) is 0 Å². The number of ether oxygens (including phenoxy) is 1. The molecular weight excluding hydrogens is 242 g/mol. The molecule has 0 unspecified atom stereocenters. The summed E-state index contributed by atoms with van der Waals surface area (Å²) in [4.78, 5) is 12.1. The van der Waals surface area contributed by atoms with Crippen LogP contribution in [0, 0.1) is 0 Å². The van der Waals surface area contributed by atoms with E-state index in [-0.39, 0.29) is 11.9 Å². The van der Waals surface area contributed by atoms with Gasteiger partial charge in [-0.25, -0.2) is 0 Å². The van der Waals surface area contributed by atoms with E-state index in [1.165, 1.54) is 0 Å². The number of hydrogen-bond acceptors (Lipinski definition) is 3. The lowest BCUT2D eigenvalue weighted by atomic mass is 9.92. The molecule has 1 amide bonds. The highest BCUT2D eigenvalue weighted by Gasteiger charge is 2.24. The van der Waals surface area contributed by atoms with Crippen molar-refractivity contribution in [3.05, 3.63) is 29.8 Å². The summed E-state index contributed by atoms with van der Waals surface area (Å²) in [5, 5.41) is 12.8. The van der Waals surface area contributed by atoms with Crippen LogP contribution in [-0.4, -0.2) is 29.8 Å². The Morgan fingerprint density at radius 1 is 1.32 bits per heavy atom. The van der Waals surface area contributed by atoms with Gasteiger partial charge in [-0.2, -0.15) is 0 Å². The van der Waals surface area contributed by atoms with E-state index >= 15 is 0 Å². The molecule has 4 heteroatoms. The number of aliphatic hydroxyl groups is 1. The molecule has 2 rings (SSSR count). The minimum absolute atomic E-state index is 0.118. The molecule has 1 aliphatic rings. The molecule has 0 aromatic heterocycles. The Labute approximate surface area is 113 Å². The summed E-state index contributed by atoms with van der Waals surface area (Å²) in [6, 6.07) is 6.95. The lowest BCUT2D eigenvalue weighted by Gasteiger charge is -2.28. The molecular formula is C15H21NO3. The standard InChI is InChI=1S/C15H21NO3/c1-2-19-12-9-7-11(8-10-12)15(18)16-13-5-3-4-6-14(13)17/h7-10,13-14,17H,2-6H2,1H3,(H,16,18)/t13-,14-/m0/s1. The maximum Gasteiger partial charge on any atom is 0.251 e. The molecule has 0 aliphatic heterocycles. The van der Waals surface area contributed by atoms with Crippen molar-refractivity contribution in [1.82, 2.24) is 5.32 Å². The van der Waals surface area contributed by atoms with Crippen molar-refractivity contribution in [1.29, 1.82) is 0 Å². The van der Waals surface area contributed by atoms with E-state index in [2.05, 4.69) is 5.32 Å². The van der Waals surface area contributed by atoms with Gasteiger partial charge in [-0.1, -0.05) is 12.8 Å². The number of amides is 1. The first-order chi connectivity index (χ1) is 9.20. The van der Waals surface area contributed by atoms with Crippen LogP contribution in [0.2, 0.25) is 0 Å². The van der Waals surface area contributed by atoms with E-state index in [0.717, 1.165) is 31.4 Å². The molecule has 0 heterocycles. The highest BCUT2D eigenvalue weighted by molar-refractivity contribution is 5.94. The lowest BCUT2D eigenvalue weighted by molar-refractivity contribution is 0.0717. The highest BCUT2D eigenvalue weighted by Crippen LogP contribution is 2.19. The summed E-state index contributed by atoms with van der Waals surface area (Å²) >= 11 is 0. The summed E-state index contributed by atoms with van der Waals surface area (Å²) in [6.45, 7) is 2.53. The quantitative estimate of drug-likeness (QED) is 0.874. The summed E-state index contributed by atoms with van der Waals surface area (Å²) in [5.74, 6) is 0.630. The van der Waals surface area contributed by atoms with Gasteiger partial charge in [0, 0.05) is 5.56 Å². The number of rotatable bonds is 4. The SMILES string of the molecule is CCOc1ccc(C(=O)N[C@H]2CCCC[C@@H]2O)cc1. The Morgan fingerprint density at radius 3 is 2.63 bits per heavy atom. The molecule has 104 valence electrons. The second-order valence-corrected chi connectivity index (χ2v) is 4.89. The molecule has 4 nitrogen and oxygen atoms in total. The fourth-order valence-corrected chi connectivity index (χ4v) is 2.40. The number of carbonyl (C=O) groups excluding carboxylic acids is 1. The van der Waals surface area contributed by atoms with Gasteiger partial charge in [0.2, 0.25) is 0 Å². The zero-order chi connectivity index (χ0) is 13.7. The van der Waals surface area contributed by atoms with Crippen LogP contribution >= 0.6 is 0 Å². The third-order valence-electron chi connectivity index (χ3n) is 3.47. The minimum atomic E-state index is -0.416. The zero-order valence-corrected chi connectivity index (χ0v) is 11.3. The molecule has 1 aromatic carbocycles. The average molecular weight is 263 g/mol. The number of hydrogen-bond donors (Lipinski definition) is 2. The van der Waals surface area contributed by atoms with Gasteiger partial charge in [0.05, 0.1) is 18.8 Å². The maximum atomic E-state index is 12.1. The minimum Gasteiger partial charge on any atom is -0.494 e. The van der Waals surface area contributed by atoms with Crippen LogP contribution in [0.5, 0.6) is 5.75 Å². The van der Waals surface area contributed by atoms with Crippen molar-refractivity contribution in [2.75, 3.05) is 6.61 Å². The van der Waals surface area contributed by atoms with Crippen LogP contribution in [0.4, 0.5) is 0 Å². The first-order valence-electron chi connectivity index (χ1n) is 6.92. The fourth-order valence-electron chi connectivity index (χ4n) is 2.40. The predicted octanol–water partition coefficient (Wildman–Crippen LogP) is 2.12. The van der Waals surface area contributed by atoms with E-state index in [1.807, 2.05) is 6.92 Å². The van der Waals surface area contributed by atoms with Gasteiger partial charge in [0.15, 0.2) is 0 Å². The summed E-state index contributed by atoms with van der Waals surface area (Å²) in [7, 11) is 0. The fraction of sp³-hybridized carbons (Fsp3) is 0.533. The van der Waals surface area contributed by atoms with E-state index < -0.39 is 6.10 Å².